The number of amides is 1. The number of carbonyl (C=O) groups is 2. The Bertz CT molecular complexity index is 1440. The summed E-state index contributed by atoms with van der Waals surface area (Å²) in [5.74, 6) is -1.59. The molecule has 0 saturated carbocycles. The van der Waals surface area contributed by atoms with Crippen molar-refractivity contribution in [3.63, 3.8) is 0 Å². The largest absolute Gasteiger partial charge is 0.507 e. The minimum Gasteiger partial charge on any atom is -0.507 e. The number of fused-ring (bicyclic) bond motifs is 1. The smallest absolute Gasteiger partial charge is 0.301 e. The number of carbonyl (C=O) groups excluding carboxylic acids is 2. The van der Waals surface area contributed by atoms with E-state index in [-0.39, 0.29) is 11.3 Å². The van der Waals surface area contributed by atoms with Crippen LogP contribution in [0.15, 0.2) is 72.3 Å². The van der Waals surface area contributed by atoms with Gasteiger partial charge in [0.2, 0.25) is 0 Å². The Kier molecular flexibility index (Phi) is 5.10. The lowest BCUT2D eigenvalue weighted by atomic mass is 9.95. The van der Waals surface area contributed by atoms with Gasteiger partial charge in [0, 0.05) is 5.56 Å². The number of Topliss-reactive ketones (excluding diaryl/α,β-unsaturated/α-hetero) is 1. The van der Waals surface area contributed by atoms with Crippen LogP contribution in [-0.4, -0.2) is 21.8 Å². The lowest BCUT2D eigenvalue weighted by Gasteiger charge is -2.23. The quantitative estimate of drug-likeness (QED) is 0.240. The van der Waals surface area contributed by atoms with Crippen molar-refractivity contribution in [1.29, 1.82) is 0 Å². The fourth-order valence-electron chi connectivity index (χ4n) is 4.31. The van der Waals surface area contributed by atoms with Gasteiger partial charge >= 0.3 is 5.91 Å². The fraction of sp³-hybridized carbons (Fsp3) is 0.148. The van der Waals surface area contributed by atoms with Crippen LogP contribution < -0.4 is 4.90 Å². The summed E-state index contributed by atoms with van der Waals surface area (Å²) in [6.07, 6.45) is 0. The molecule has 2 heterocycles. The van der Waals surface area contributed by atoms with E-state index in [0.717, 1.165) is 32.5 Å². The van der Waals surface area contributed by atoms with Crippen molar-refractivity contribution in [3.8, 4) is 0 Å². The summed E-state index contributed by atoms with van der Waals surface area (Å²) in [4.78, 5) is 32.8. The van der Waals surface area contributed by atoms with Gasteiger partial charge in [0.25, 0.3) is 5.78 Å². The lowest BCUT2D eigenvalue weighted by Crippen LogP contribution is -2.29. The molecule has 1 amide bonds. The topological polar surface area (TPSA) is 70.5 Å². The molecule has 0 radical (unpaired) electrons. The Morgan fingerprint density at radius 1 is 0.939 bits per heavy atom. The van der Waals surface area contributed by atoms with Crippen LogP contribution >= 0.6 is 11.3 Å². The highest BCUT2D eigenvalue weighted by atomic mass is 32.1. The number of hydrogen-bond acceptors (Lipinski definition) is 5. The molecule has 1 aliphatic rings. The molecule has 5 nitrogen and oxygen atoms in total. The number of thiazole rings is 1. The highest BCUT2D eigenvalue weighted by Crippen LogP contribution is 2.44. The van der Waals surface area contributed by atoms with Gasteiger partial charge in [-0.1, -0.05) is 77.6 Å². The van der Waals surface area contributed by atoms with Crippen LogP contribution in [0.1, 0.15) is 33.9 Å². The van der Waals surface area contributed by atoms with E-state index in [1.54, 1.807) is 24.3 Å². The fourth-order valence-corrected chi connectivity index (χ4v) is 5.48. The summed E-state index contributed by atoms with van der Waals surface area (Å²) >= 11 is 1.38. The molecule has 0 spiro atoms. The summed E-state index contributed by atoms with van der Waals surface area (Å²) in [6, 6.07) is 19.8. The first kappa shape index (κ1) is 21.1. The molecule has 1 aromatic heterocycles. The van der Waals surface area contributed by atoms with Crippen molar-refractivity contribution in [2.75, 3.05) is 4.90 Å². The van der Waals surface area contributed by atoms with Crippen molar-refractivity contribution in [2.24, 2.45) is 0 Å². The third kappa shape index (κ3) is 3.52. The van der Waals surface area contributed by atoms with Crippen LogP contribution in [0.2, 0.25) is 0 Å². The van der Waals surface area contributed by atoms with Gasteiger partial charge in [0.1, 0.15) is 5.76 Å². The molecule has 1 N–H and O–H groups in total. The average Bonchev–Trinajstić information content (AvgIpc) is 3.33. The minimum absolute atomic E-state index is 0.0715. The average molecular weight is 455 g/mol. The van der Waals surface area contributed by atoms with E-state index in [2.05, 4.69) is 0 Å². The second kappa shape index (κ2) is 7.98. The number of aryl methyl sites for hydroxylation is 3. The number of benzene rings is 3. The Hall–Kier alpha value is -3.77. The van der Waals surface area contributed by atoms with Crippen molar-refractivity contribution >= 4 is 44.1 Å². The Labute approximate surface area is 195 Å². The Balaban J connectivity index is 1.75. The van der Waals surface area contributed by atoms with Crippen LogP contribution in [-0.2, 0) is 9.59 Å². The lowest BCUT2D eigenvalue weighted by molar-refractivity contribution is -0.132. The maximum absolute atomic E-state index is 13.3. The molecule has 5 rings (SSSR count). The van der Waals surface area contributed by atoms with Gasteiger partial charge in [-0.25, -0.2) is 4.98 Å². The summed E-state index contributed by atoms with van der Waals surface area (Å²) in [5, 5.41) is 11.6. The number of aliphatic hydroxyl groups excluding tert-OH is 1. The molecule has 1 aliphatic heterocycles. The molecule has 1 atom stereocenters. The predicted molar refractivity (Wildman–Crippen MR) is 131 cm³/mol. The molecule has 1 saturated heterocycles. The molecule has 3 aromatic carbocycles. The van der Waals surface area contributed by atoms with E-state index in [4.69, 9.17) is 4.98 Å². The predicted octanol–water partition coefficient (Wildman–Crippen LogP) is 5.85. The van der Waals surface area contributed by atoms with Crippen LogP contribution in [0.5, 0.6) is 0 Å². The zero-order chi connectivity index (χ0) is 23.3. The Morgan fingerprint density at radius 3 is 2.33 bits per heavy atom. The SMILES string of the molecule is Cc1ccc([C@H]2C(=C(O)c3ccccc3)C(=O)C(=O)N2c2nc3c(C)cc(C)cc3s2)cc1. The van der Waals surface area contributed by atoms with Crippen molar-refractivity contribution in [2.45, 2.75) is 26.8 Å². The summed E-state index contributed by atoms with van der Waals surface area (Å²) in [7, 11) is 0. The first-order valence-corrected chi connectivity index (χ1v) is 11.5. The van der Waals surface area contributed by atoms with E-state index in [9.17, 15) is 14.7 Å². The molecule has 6 heteroatoms. The highest BCUT2D eigenvalue weighted by molar-refractivity contribution is 7.22. The molecule has 164 valence electrons. The second-order valence-corrected chi connectivity index (χ2v) is 9.38. The van der Waals surface area contributed by atoms with E-state index in [0.29, 0.717) is 10.7 Å². The van der Waals surface area contributed by atoms with Gasteiger partial charge in [-0.2, -0.15) is 0 Å². The van der Waals surface area contributed by atoms with E-state index in [1.807, 2.05) is 63.2 Å². The maximum atomic E-state index is 13.3. The standard InChI is InChI=1S/C27H22N2O3S/c1-15-9-11-18(12-10-15)23-21(24(30)19-7-5-4-6-8-19)25(31)26(32)29(23)27-28-22-17(3)13-16(2)14-20(22)33-27/h4-14,23,30H,1-3H3/t23-/m0/s1. The Morgan fingerprint density at radius 2 is 1.64 bits per heavy atom. The third-order valence-corrected chi connectivity index (χ3v) is 6.91. The van der Waals surface area contributed by atoms with Gasteiger partial charge in [-0.05, 0) is 43.5 Å². The van der Waals surface area contributed by atoms with Crippen molar-refractivity contribution in [3.05, 3.63) is 100 Å². The van der Waals surface area contributed by atoms with Gasteiger partial charge in [-0.3, -0.25) is 14.5 Å². The summed E-state index contributed by atoms with van der Waals surface area (Å²) in [6.45, 7) is 5.98. The van der Waals surface area contributed by atoms with Gasteiger partial charge in [0.05, 0.1) is 21.8 Å². The van der Waals surface area contributed by atoms with Gasteiger partial charge in [0.15, 0.2) is 5.13 Å². The number of hydrogen-bond donors (Lipinski definition) is 1. The second-order valence-electron chi connectivity index (χ2n) is 8.37. The first-order valence-electron chi connectivity index (χ1n) is 10.7. The molecule has 0 bridgehead atoms. The van der Waals surface area contributed by atoms with Crippen molar-refractivity contribution < 1.29 is 14.7 Å². The minimum atomic E-state index is -0.771. The molecule has 0 aliphatic carbocycles. The normalized spacial score (nSPS) is 17.8. The molecule has 0 unspecified atom stereocenters. The van der Waals surface area contributed by atoms with E-state index < -0.39 is 17.7 Å². The van der Waals surface area contributed by atoms with Crippen molar-refractivity contribution in [1.82, 2.24) is 4.98 Å². The molecule has 33 heavy (non-hydrogen) atoms. The van der Waals surface area contributed by atoms with Gasteiger partial charge < -0.3 is 5.11 Å². The summed E-state index contributed by atoms with van der Waals surface area (Å²) in [5.41, 5.74) is 5.30. The number of anilines is 1. The number of nitrogens with zero attached hydrogens (tertiary/aromatic N) is 2. The monoisotopic (exact) mass is 454 g/mol. The zero-order valence-electron chi connectivity index (χ0n) is 18.5. The van der Waals surface area contributed by atoms with Crippen LogP contribution in [0.3, 0.4) is 0 Å². The number of aromatic nitrogens is 1. The van der Waals surface area contributed by atoms with E-state index in [1.165, 1.54) is 16.2 Å². The number of aliphatic hydroxyl groups is 1. The molecular weight excluding hydrogens is 432 g/mol. The summed E-state index contributed by atoms with van der Waals surface area (Å²) < 4.78 is 0.954. The van der Waals surface area contributed by atoms with Gasteiger partial charge in [-0.15, -0.1) is 0 Å². The van der Waals surface area contributed by atoms with E-state index >= 15 is 0 Å². The first-order chi connectivity index (χ1) is 15.8. The molecule has 1 fully saturated rings. The van der Waals surface area contributed by atoms with Crippen LogP contribution in [0.4, 0.5) is 5.13 Å². The number of rotatable bonds is 3. The maximum Gasteiger partial charge on any atom is 0.301 e. The molecular formula is C27H22N2O3S. The van der Waals surface area contributed by atoms with Crippen LogP contribution in [0, 0.1) is 20.8 Å². The molecule has 4 aromatic rings. The third-order valence-electron chi connectivity index (χ3n) is 5.91. The number of ketones is 1. The highest BCUT2D eigenvalue weighted by Gasteiger charge is 2.48. The zero-order valence-corrected chi connectivity index (χ0v) is 19.3. The van der Waals surface area contributed by atoms with Crippen LogP contribution in [0.25, 0.3) is 16.0 Å².